The van der Waals surface area contributed by atoms with Gasteiger partial charge >= 0.3 is 5.97 Å². The number of aliphatic hydroxyl groups is 1. The summed E-state index contributed by atoms with van der Waals surface area (Å²) >= 11 is 0. The Morgan fingerprint density at radius 1 is 1.42 bits per heavy atom. The number of phenols is 1. The number of aliphatic carboxylic acids is 1. The summed E-state index contributed by atoms with van der Waals surface area (Å²) in [5.74, 6) is -0.829. The van der Waals surface area contributed by atoms with Crippen molar-refractivity contribution in [1.82, 2.24) is 0 Å². The highest BCUT2D eigenvalue weighted by Gasteiger charge is 2.27. The van der Waals surface area contributed by atoms with Gasteiger partial charge in [-0.25, -0.2) is 4.79 Å². The molecule has 104 valence electrons. The zero-order valence-corrected chi connectivity index (χ0v) is 11.1. The number of hydrogen-bond donors (Lipinski definition) is 3. The fraction of sp³-hybridized carbons (Fsp3) is 0.357. The standard InChI is InChI=1S/C14H18O5/c1-14(2,7-6-12(16)17)13(18)9-4-5-11(19-3)10(15)8-9/h4-8,13,15,18H,1-3H3,(H,16,17)/b7-6+/t13-/m1/s1. The van der Waals surface area contributed by atoms with Gasteiger partial charge in [0.05, 0.1) is 13.2 Å². The lowest BCUT2D eigenvalue weighted by molar-refractivity contribution is -0.131. The Balaban J connectivity index is 3.02. The summed E-state index contributed by atoms with van der Waals surface area (Å²) in [7, 11) is 1.44. The summed E-state index contributed by atoms with van der Waals surface area (Å²) in [6.45, 7) is 3.41. The SMILES string of the molecule is COc1ccc([C@@H](O)C(C)(C)/C=C/C(=O)O)cc1O. The fourth-order valence-electron chi connectivity index (χ4n) is 1.68. The number of methoxy groups -OCH3 is 1. The molecule has 0 fully saturated rings. The van der Waals surface area contributed by atoms with E-state index in [1.54, 1.807) is 26.0 Å². The van der Waals surface area contributed by atoms with E-state index in [4.69, 9.17) is 9.84 Å². The highest BCUT2D eigenvalue weighted by Crippen LogP contribution is 2.37. The molecule has 0 radical (unpaired) electrons. The number of aromatic hydroxyl groups is 1. The molecule has 0 spiro atoms. The Bertz CT molecular complexity index is 491. The van der Waals surface area contributed by atoms with E-state index in [9.17, 15) is 15.0 Å². The van der Waals surface area contributed by atoms with E-state index < -0.39 is 17.5 Å². The first-order valence-corrected chi connectivity index (χ1v) is 5.75. The van der Waals surface area contributed by atoms with Crippen LogP contribution in [0.1, 0.15) is 25.5 Å². The quantitative estimate of drug-likeness (QED) is 0.710. The van der Waals surface area contributed by atoms with Crippen LogP contribution in [-0.2, 0) is 4.79 Å². The van der Waals surface area contributed by atoms with Crippen LogP contribution in [0.3, 0.4) is 0 Å². The molecule has 0 aromatic heterocycles. The Hall–Kier alpha value is -2.01. The maximum atomic E-state index is 10.5. The van der Waals surface area contributed by atoms with E-state index in [-0.39, 0.29) is 5.75 Å². The molecule has 0 amide bonds. The zero-order chi connectivity index (χ0) is 14.6. The van der Waals surface area contributed by atoms with Crippen LogP contribution in [0, 0.1) is 5.41 Å². The van der Waals surface area contributed by atoms with Gasteiger partial charge in [0.25, 0.3) is 0 Å². The molecule has 0 aliphatic carbocycles. The molecule has 19 heavy (non-hydrogen) atoms. The molecule has 5 nitrogen and oxygen atoms in total. The molecule has 1 aromatic rings. The number of carboxylic acids is 1. The molecule has 3 N–H and O–H groups in total. The molecule has 1 rings (SSSR count). The van der Waals surface area contributed by atoms with Crippen LogP contribution in [-0.4, -0.2) is 28.4 Å². The lowest BCUT2D eigenvalue weighted by atomic mass is 9.82. The van der Waals surface area contributed by atoms with Gasteiger partial charge in [-0.1, -0.05) is 26.0 Å². The fourth-order valence-corrected chi connectivity index (χ4v) is 1.68. The second kappa shape index (κ2) is 5.75. The first-order chi connectivity index (χ1) is 8.77. The van der Waals surface area contributed by atoms with Crippen molar-refractivity contribution in [3.63, 3.8) is 0 Å². The molecule has 0 saturated heterocycles. The molecule has 0 bridgehead atoms. The van der Waals surface area contributed by atoms with Gasteiger partial charge in [0.15, 0.2) is 11.5 Å². The van der Waals surface area contributed by atoms with Gasteiger partial charge in [-0.2, -0.15) is 0 Å². The molecule has 0 aliphatic heterocycles. The minimum absolute atomic E-state index is 0.0722. The number of rotatable bonds is 5. The van der Waals surface area contributed by atoms with Crippen LogP contribution in [0.5, 0.6) is 11.5 Å². The molecule has 5 heteroatoms. The third-order valence-electron chi connectivity index (χ3n) is 2.88. The average molecular weight is 266 g/mol. The van der Waals surface area contributed by atoms with Crippen molar-refractivity contribution < 1.29 is 24.9 Å². The van der Waals surface area contributed by atoms with E-state index in [0.717, 1.165) is 6.08 Å². The van der Waals surface area contributed by atoms with Crippen LogP contribution < -0.4 is 4.74 Å². The van der Waals surface area contributed by atoms with Crippen molar-refractivity contribution in [1.29, 1.82) is 0 Å². The molecule has 0 aliphatic rings. The normalized spacial score (nSPS) is 13.5. The Morgan fingerprint density at radius 2 is 2.05 bits per heavy atom. The van der Waals surface area contributed by atoms with Crippen molar-refractivity contribution in [2.75, 3.05) is 7.11 Å². The van der Waals surface area contributed by atoms with E-state index in [2.05, 4.69) is 0 Å². The summed E-state index contributed by atoms with van der Waals surface area (Å²) in [6, 6.07) is 4.57. The summed E-state index contributed by atoms with van der Waals surface area (Å²) < 4.78 is 4.92. The van der Waals surface area contributed by atoms with Crippen LogP contribution in [0.2, 0.25) is 0 Å². The van der Waals surface area contributed by atoms with Crippen molar-refractivity contribution in [2.45, 2.75) is 20.0 Å². The number of benzene rings is 1. The number of phenolic OH excluding ortho intramolecular Hbond substituents is 1. The maximum absolute atomic E-state index is 10.5. The molecule has 1 atom stereocenters. The van der Waals surface area contributed by atoms with Gasteiger partial charge in [-0.15, -0.1) is 0 Å². The van der Waals surface area contributed by atoms with Crippen molar-refractivity contribution >= 4 is 5.97 Å². The van der Waals surface area contributed by atoms with Gasteiger partial charge < -0.3 is 20.1 Å². The summed E-state index contributed by atoms with van der Waals surface area (Å²) in [4.78, 5) is 10.5. The van der Waals surface area contributed by atoms with Crippen LogP contribution >= 0.6 is 0 Å². The number of aliphatic hydroxyl groups excluding tert-OH is 1. The molecule has 0 saturated carbocycles. The predicted octanol–water partition coefficient (Wildman–Crippen LogP) is 2.10. The third-order valence-corrected chi connectivity index (χ3v) is 2.88. The molecule has 1 aromatic carbocycles. The highest BCUT2D eigenvalue weighted by molar-refractivity contribution is 5.79. The number of ether oxygens (including phenoxy) is 1. The van der Waals surface area contributed by atoms with Gasteiger partial charge in [-0.05, 0) is 17.7 Å². The summed E-state index contributed by atoms with van der Waals surface area (Å²) in [5.41, 5.74) is -0.294. The second-order valence-corrected chi connectivity index (χ2v) is 4.83. The second-order valence-electron chi connectivity index (χ2n) is 4.83. The first kappa shape index (κ1) is 15.0. The van der Waals surface area contributed by atoms with E-state index in [1.165, 1.54) is 19.3 Å². The minimum atomic E-state index is -1.07. The average Bonchev–Trinajstić information content (AvgIpc) is 2.35. The van der Waals surface area contributed by atoms with Gasteiger partial charge in [0.1, 0.15) is 0 Å². The monoisotopic (exact) mass is 266 g/mol. The van der Waals surface area contributed by atoms with Crippen LogP contribution in [0.4, 0.5) is 0 Å². The zero-order valence-electron chi connectivity index (χ0n) is 11.1. The largest absolute Gasteiger partial charge is 0.504 e. The summed E-state index contributed by atoms with van der Waals surface area (Å²) in [5, 5.41) is 28.5. The van der Waals surface area contributed by atoms with Gasteiger partial charge in [-0.3, -0.25) is 0 Å². The van der Waals surface area contributed by atoms with Crippen molar-refractivity contribution in [2.24, 2.45) is 5.41 Å². The number of hydrogen-bond acceptors (Lipinski definition) is 4. The Kier molecular flexibility index (Phi) is 4.56. The molecular formula is C14H18O5. The third kappa shape index (κ3) is 3.72. The smallest absolute Gasteiger partial charge is 0.327 e. The van der Waals surface area contributed by atoms with Crippen LogP contribution in [0.25, 0.3) is 0 Å². The van der Waals surface area contributed by atoms with E-state index >= 15 is 0 Å². The van der Waals surface area contributed by atoms with Gasteiger partial charge in [0, 0.05) is 11.5 Å². The highest BCUT2D eigenvalue weighted by atomic mass is 16.5. The van der Waals surface area contributed by atoms with E-state index in [1.807, 2.05) is 0 Å². The van der Waals surface area contributed by atoms with Crippen molar-refractivity contribution in [3.05, 3.63) is 35.9 Å². The minimum Gasteiger partial charge on any atom is -0.504 e. The maximum Gasteiger partial charge on any atom is 0.327 e. The molecule has 0 heterocycles. The number of carbonyl (C=O) groups is 1. The Morgan fingerprint density at radius 3 is 2.53 bits per heavy atom. The van der Waals surface area contributed by atoms with Gasteiger partial charge in [0.2, 0.25) is 0 Å². The molecule has 0 unspecified atom stereocenters. The Labute approximate surface area is 111 Å². The van der Waals surface area contributed by atoms with Crippen LogP contribution in [0.15, 0.2) is 30.4 Å². The predicted molar refractivity (Wildman–Crippen MR) is 70.2 cm³/mol. The number of carboxylic acid groups (broad SMARTS) is 1. The van der Waals surface area contributed by atoms with E-state index in [0.29, 0.717) is 11.3 Å². The van der Waals surface area contributed by atoms with Crippen molar-refractivity contribution in [3.8, 4) is 11.5 Å². The topological polar surface area (TPSA) is 87.0 Å². The summed E-state index contributed by atoms with van der Waals surface area (Å²) in [6.07, 6.45) is 1.47. The molecular weight excluding hydrogens is 248 g/mol. The first-order valence-electron chi connectivity index (χ1n) is 5.75. The lowest BCUT2D eigenvalue weighted by Gasteiger charge is -2.27. The lowest BCUT2D eigenvalue weighted by Crippen LogP contribution is -2.19.